The number of nitrogens with zero attached hydrogens (tertiary/aromatic N) is 1. The number of carbonyl (C=O) groups excluding carboxylic acids is 1. The van der Waals surface area contributed by atoms with Crippen LogP contribution in [0.2, 0.25) is 0 Å². The number of nitrogens with one attached hydrogen (secondary N) is 1. The van der Waals surface area contributed by atoms with Crippen LogP contribution in [0.5, 0.6) is 0 Å². The van der Waals surface area contributed by atoms with Crippen LogP contribution in [0.25, 0.3) is 0 Å². The van der Waals surface area contributed by atoms with Crippen molar-refractivity contribution >= 4 is 15.9 Å². The quantitative estimate of drug-likeness (QED) is 0.711. The Labute approximate surface area is 174 Å². The summed E-state index contributed by atoms with van der Waals surface area (Å²) in [5.41, 5.74) is 1.55. The number of benzene rings is 2. The van der Waals surface area contributed by atoms with Gasteiger partial charge in [0.1, 0.15) is 0 Å². The Bertz CT molecular complexity index is 914. The summed E-state index contributed by atoms with van der Waals surface area (Å²) in [7, 11) is -3.64. The third-order valence-electron chi connectivity index (χ3n) is 6.01. The normalized spacial score (nSPS) is 15.9. The zero-order valence-electron chi connectivity index (χ0n) is 17.2. The van der Waals surface area contributed by atoms with Crippen molar-refractivity contribution in [3.63, 3.8) is 0 Å². The molecule has 5 nitrogen and oxygen atoms in total. The Hall–Kier alpha value is -2.18. The summed E-state index contributed by atoms with van der Waals surface area (Å²) in [5, 5.41) is 0. The van der Waals surface area contributed by atoms with E-state index in [9.17, 15) is 13.2 Å². The molecule has 0 unspecified atom stereocenters. The molecule has 1 aliphatic rings. The molecule has 1 aliphatic carbocycles. The second-order valence-electron chi connectivity index (χ2n) is 7.68. The molecule has 6 heteroatoms. The van der Waals surface area contributed by atoms with E-state index in [0.717, 1.165) is 25.7 Å². The Balaban J connectivity index is 1.75. The van der Waals surface area contributed by atoms with Gasteiger partial charge in [0.2, 0.25) is 10.0 Å². The van der Waals surface area contributed by atoms with Crippen LogP contribution in [0.4, 0.5) is 0 Å². The molecule has 1 fully saturated rings. The lowest BCUT2D eigenvalue weighted by Gasteiger charge is -2.30. The van der Waals surface area contributed by atoms with Crippen LogP contribution in [0.15, 0.2) is 59.5 Å². The van der Waals surface area contributed by atoms with E-state index < -0.39 is 10.0 Å². The minimum atomic E-state index is -3.64. The lowest BCUT2D eigenvalue weighted by Crippen LogP contribution is -2.39. The Morgan fingerprint density at radius 3 is 2.10 bits per heavy atom. The van der Waals surface area contributed by atoms with Gasteiger partial charge in [0, 0.05) is 30.6 Å². The summed E-state index contributed by atoms with van der Waals surface area (Å²) < 4.78 is 28.6. The summed E-state index contributed by atoms with van der Waals surface area (Å²) in [5.74, 6) is -0.0825. The maximum absolute atomic E-state index is 12.9. The molecule has 1 saturated carbocycles. The van der Waals surface area contributed by atoms with Gasteiger partial charge in [-0.1, -0.05) is 43.2 Å². The molecule has 0 spiro atoms. The van der Waals surface area contributed by atoms with Gasteiger partial charge in [-0.25, -0.2) is 13.1 Å². The van der Waals surface area contributed by atoms with Gasteiger partial charge in [-0.3, -0.25) is 4.79 Å². The van der Waals surface area contributed by atoms with E-state index in [0.29, 0.717) is 25.2 Å². The lowest BCUT2D eigenvalue weighted by molar-refractivity contribution is 0.0773. The Morgan fingerprint density at radius 2 is 1.55 bits per heavy atom. The molecule has 0 saturated heterocycles. The summed E-state index contributed by atoms with van der Waals surface area (Å²) in [6.45, 7) is 5.49. The van der Waals surface area contributed by atoms with Crippen LogP contribution < -0.4 is 4.72 Å². The highest BCUT2D eigenvalue weighted by molar-refractivity contribution is 7.89. The van der Waals surface area contributed by atoms with Crippen molar-refractivity contribution in [1.29, 1.82) is 0 Å². The number of carbonyl (C=O) groups is 1. The molecule has 1 amide bonds. The second kappa shape index (κ2) is 9.09. The third-order valence-corrected chi connectivity index (χ3v) is 7.43. The number of hydrogen-bond acceptors (Lipinski definition) is 3. The fourth-order valence-corrected chi connectivity index (χ4v) is 5.32. The maximum Gasteiger partial charge on any atom is 0.253 e. The van der Waals surface area contributed by atoms with Gasteiger partial charge in [0.05, 0.1) is 4.90 Å². The van der Waals surface area contributed by atoms with Crippen LogP contribution in [-0.2, 0) is 15.4 Å². The molecule has 3 rings (SSSR count). The van der Waals surface area contributed by atoms with Crippen molar-refractivity contribution in [3.8, 4) is 0 Å². The van der Waals surface area contributed by atoms with E-state index in [2.05, 4.69) is 16.9 Å². The first-order chi connectivity index (χ1) is 13.9. The summed E-state index contributed by atoms with van der Waals surface area (Å²) in [6, 6.07) is 16.4. The van der Waals surface area contributed by atoms with Gasteiger partial charge in [-0.05, 0) is 56.5 Å². The summed E-state index contributed by atoms with van der Waals surface area (Å²) >= 11 is 0. The molecule has 156 valence electrons. The van der Waals surface area contributed by atoms with Crippen LogP contribution >= 0.6 is 0 Å². The molecule has 0 aromatic heterocycles. The average molecular weight is 415 g/mol. The minimum absolute atomic E-state index is 0.0825. The molecular weight excluding hydrogens is 384 g/mol. The Kier molecular flexibility index (Phi) is 6.75. The van der Waals surface area contributed by atoms with Crippen LogP contribution in [0.3, 0.4) is 0 Å². The first-order valence-electron chi connectivity index (χ1n) is 10.4. The molecule has 0 atom stereocenters. The van der Waals surface area contributed by atoms with E-state index in [4.69, 9.17) is 0 Å². The van der Waals surface area contributed by atoms with Crippen molar-refractivity contribution in [2.24, 2.45) is 0 Å². The predicted molar refractivity (Wildman–Crippen MR) is 115 cm³/mol. The highest BCUT2D eigenvalue weighted by Gasteiger charge is 2.36. The monoisotopic (exact) mass is 414 g/mol. The number of sulfonamides is 1. The summed E-state index contributed by atoms with van der Waals surface area (Å²) in [4.78, 5) is 14.3. The minimum Gasteiger partial charge on any atom is -0.339 e. The number of hydrogen-bond donors (Lipinski definition) is 1. The first-order valence-corrected chi connectivity index (χ1v) is 11.8. The van der Waals surface area contributed by atoms with Gasteiger partial charge < -0.3 is 4.90 Å². The summed E-state index contributed by atoms with van der Waals surface area (Å²) in [6.07, 6.45) is 4.19. The second-order valence-corrected chi connectivity index (χ2v) is 9.45. The van der Waals surface area contributed by atoms with Gasteiger partial charge in [0.25, 0.3) is 5.91 Å². The molecular formula is C23H30N2O3S. The van der Waals surface area contributed by atoms with E-state index in [1.165, 1.54) is 17.7 Å². The van der Waals surface area contributed by atoms with Crippen molar-refractivity contribution in [2.75, 3.05) is 19.6 Å². The number of rotatable bonds is 8. The molecule has 0 heterocycles. The molecule has 0 bridgehead atoms. The van der Waals surface area contributed by atoms with E-state index in [1.54, 1.807) is 17.0 Å². The van der Waals surface area contributed by atoms with Gasteiger partial charge >= 0.3 is 0 Å². The zero-order valence-corrected chi connectivity index (χ0v) is 18.0. The smallest absolute Gasteiger partial charge is 0.253 e. The maximum atomic E-state index is 12.9. The van der Waals surface area contributed by atoms with E-state index in [1.807, 2.05) is 32.0 Å². The zero-order chi connectivity index (χ0) is 20.9. The van der Waals surface area contributed by atoms with Crippen molar-refractivity contribution in [1.82, 2.24) is 9.62 Å². The van der Waals surface area contributed by atoms with Crippen LogP contribution in [0.1, 0.15) is 55.5 Å². The molecule has 29 heavy (non-hydrogen) atoms. The highest BCUT2D eigenvalue weighted by atomic mass is 32.2. The lowest BCUT2D eigenvalue weighted by atomic mass is 9.79. The fourth-order valence-electron chi connectivity index (χ4n) is 4.20. The molecule has 2 aromatic carbocycles. The van der Waals surface area contributed by atoms with Crippen molar-refractivity contribution < 1.29 is 13.2 Å². The van der Waals surface area contributed by atoms with Gasteiger partial charge in [-0.2, -0.15) is 0 Å². The standard InChI is InChI=1S/C23H30N2O3S/c1-3-25(4-2)22(26)19-12-14-21(15-13-19)29(27,28)24-18-23(16-8-9-17-23)20-10-6-5-7-11-20/h5-7,10-15,24H,3-4,8-9,16-18H2,1-2H3. The first kappa shape index (κ1) is 21.5. The SMILES string of the molecule is CCN(CC)C(=O)c1ccc(S(=O)(=O)NCC2(c3ccccc3)CCCC2)cc1. The third kappa shape index (κ3) is 4.70. The van der Waals surface area contributed by atoms with Crippen LogP contribution in [-0.4, -0.2) is 38.9 Å². The van der Waals surface area contributed by atoms with Crippen molar-refractivity contribution in [3.05, 3.63) is 65.7 Å². The molecule has 0 aliphatic heterocycles. The number of amides is 1. The van der Waals surface area contributed by atoms with E-state index in [-0.39, 0.29) is 16.2 Å². The molecule has 0 radical (unpaired) electrons. The highest BCUT2D eigenvalue weighted by Crippen LogP contribution is 2.40. The topological polar surface area (TPSA) is 66.5 Å². The van der Waals surface area contributed by atoms with Gasteiger partial charge in [-0.15, -0.1) is 0 Å². The predicted octanol–water partition coefficient (Wildman–Crippen LogP) is 3.96. The van der Waals surface area contributed by atoms with Crippen molar-refractivity contribution in [2.45, 2.75) is 49.8 Å². The molecule has 2 aromatic rings. The average Bonchev–Trinajstić information content (AvgIpc) is 3.24. The van der Waals surface area contributed by atoms with Crippen LogP contribution in [0, 0.1) is 0 Å². The van der Waals surface area contributed by atoms with Gasteiger partial charge in [0.15, 0.2) is 0 Å². The van der Waals surface area contributed by atoms with E-state index >= 15 is 0 Å². The largest absolute Gasteiger partial charge is 0.339 e. The Morgan fingerprint density at radius 1 is 0.966 bits per heavy atom. The fraction of sp³-hybridized carbons (Fsp3) is 0.435. The molecule has 1 N–H and O–H groups in total.